The Morgan fingerprint density at radius 2 is 1.81 bits per heavy atom. The number of nitrogens with zero attached hydrogens (tertiary/aromatic N) is 3. The van der Waals surface area contributed by atoms with Crippen molar-refractivity contribution in [2.75, 3.05) is 41.3 Å². The molecule has 1 aromatic heterocycles. The first-order chi connectivity index (χ1) is 12.7. The number of pyridine rings is 1. The van der Waals surface area contributed by atoms with Gasteiger partial charge in [0, 0.05) is 38.3 Å². The molecule has 1 aromatic carbocycles. The highest BCUT2D eigenvalue weighted by Gasteiger charge is 2.18. The first-order valence-electron chi connectivity index (χ1n) is 9.48. The Balaban J connectivity index is 1.54. The quantitative estimate of drug-likeness (QED) is 0.858. The molecule has 0 aliphatic carbocycles. The summed E-state index contributed by atoms with van der Waals surface area (Å²) in [5.41, 5.74) is 3.71. The summed E-state index contributed by atoms with van der Waals surface area (Å²) in [4.78, 5) is 21.0. The molecule has 1 aliphatic heterocycles. The van der Waals surface area contributed by atoms with E-state index in [-0.39, 0.29) is 5.91 Å². The van der Waals surface area contributed by atoms with Crippen molar-refractivity contribution >= 4 is 23.1 Å². The Kier molecular flexibility index (Phi) is 6.10. The molecule has 3 rings (SSSR count). The minimum atomic E-state index is 0.0406. The fourth-order valence-corrected chi connectivity index (χ4v) is 3.24. The van der Waals surface area contributed by atoms with Gasteiger partial charge in [-0.15, -0.1) is 0 Å². The molecule has 2 heterocycles. The van der Waals surface area contributed by atoms with Gasteiger partial charge in [-0.1, -0.05) is 25.5 Å². The zero-order valence-corrected chi connectivity index (χ0v) is 15.7. The number of amides is 1. The lowest BCUT2D eigenvalue weighted by Gasteiger charge is -2.37. The van der Waals surface area contributed by atoms with Gasteiger partial charge in [-0.25, -0.2) is 4.98 Å². The van der Waals surface area contributed by atoms with Gasteiger partial charge in [0.05, 0.1) is 11.9 Å². The highest BCUT2D eigenvalue weighted by atomic mass is 16.1. The maximum atomic E-state index is 11.8. The number of carbonyl (C=O) groups excluding carboxylic acids is 1. The van der Waals surface area contributed by atoms with Crippen molar-refractivity contribution < 1.29 is 4.79 Å². The third kappa shape index (κ3) is 4.75. The van der Waals surface area contributed by atoms with Gasteiger partial charge in [0.2, 0.25) is 5.91 Å². The van der Waals surface area contributed by atoms with Crippen LogP contribution in [0.5, 0.6) is 0 Å². The van der Waals surface area contributed by atoms with E-state index < -0.39 is 0 Å². The summed E-state index contributed by atoms with van der Waals surface area (Å²) in [7, 11) is 0. The van der Waals surface area contributed by atoms with Crippen molar-refractivity contribution in [1.82, 2.24) is 4.98 Å². The molecule has 1 aliphatic rings. The summed E-state index contributed by atoms with van der Waals surface area (Å²) in [6, 6.07) is 12.6. The lowest BCUT2D eigenvalue weighted by Crippen LogP contribution is -2.46. The van der Waals surface area contributed by atoms with Crippen molar-refractivity contribution in [3.05, 3.63) is 48.2 Å². The number of anilines is 3. The van der Waals surface area contributed by atoms with E-state index in [2.05, 4.69) is 58.2 Å². The Morgan fingerprint density at radius 3 is 2.42 bits per heavy atom. The number of nitrogens with one attached hydrogen (secondary N) is 1. The van der Waals surface area contributed by atoms with Crippen molar-refractivity contribution in [3.63, 3.8) is 0 Å². The summed E-state index contributed by atoms with van der Waals surface area (Å²) in [5.74, 6) is 0.673. The van der Waals surface area contributed by atoms with Crippen LogP contribution in [0.1, 0.15) is 31.7 Å². The number of hydrogen-bond acceptors (Lipinski definition) is 4. The fraction of sp³-hybridized carbons (Fsp3) is 0.429. The van der Waals surface area contributed by atoms with Crippen LogP contribution in [0.2, 0.25) is 0 Å². The predicted octanol–water partition coefficient (Wildman–Crippen LogP) is 3.85. The third-order valence-electron chi connectivity index (χ3n) is 4.78. The minimum absolute atomic E-state index is 0.0406. The molecule has 2 aromatic rings. The van der Waals surface area contributed by atoms with E-state index in [1.54, 1.807) is 0 Å². The van der Waals surface area contributed by atoms with Crippen LogP contribution in [-0.2, 0) is 4.79 Å². The molecule has 5 nitrogen and oxygen atoms in total. The standard InChI is InChI=1S/C21H28N4O/c1-3-4-8-21(26)23-20-10-9-19(16-22-20)25-13-11-24(12-14-25)18-7-5-6-17(2)15-18/h5-7,9-10,15-16H,3-4,8,11-14H2,1-2H3,(H,22,23,26). The monoisotopic (exact) mass is 352 g/mol. The molecule has 0 spiro atoms. The maximum Gasteiger partial charge on any atom is 0.225 e. The second kappa shape index (κ2) is 8.70. The molecular weight excluding hydrogens is 324 g/mol. The third-order valence-corrected chi connectivity index (χ3v) is 4.78. The Labute approximate surface area is 156 Å². The summed E-state index contributed by atoms with van der Waals surface area (Å²) in [6.07, 6.45) is 4.35. The SMILES string of the molecule is CCCCC(=O)Nc1ccc(N2CCN(c3cccc(C)c3)CC2)cn1. The molecule has 26 heavy (non-hydrogen) atoms. The van der Waals surface area contributed by atoms with E-state index in [1.807, 2.05) is 18.3 Å². The van der Waals surface area contributed by atoms with Gasteiger partial charge in [0.25, 0.3) is 0 Å². The normalized spacial score (nSPS) is 14.4. The molecule has 1 saturated heterocycles. The number of unbranched alkanes of at least 4 members (excludes halogenated alkanes) is 1. The Hall–Kier alpha value is -2.56. The average molecular weight is 352 g/mol. The summed E-state index contributed by atoms with van der Waals surface area (Å²) < 4.78 is 0. The zero-order chi connectivity index (χ0) is 18.4. The predicted molar refractivity (Wildman–Crippen MR) is 108 cm³/mol. The second-order valence-corrected chi connectivity index (χ2v) is 6.87. The van der Waals surface area contributed by atoms with Gasteiger partial charge in [-0.05, 0) is 43.2 Å². The molecule has 5 heteroatoms. The molecule has 1 N–H and O–H groups in total. The van der Waals surface area contributed by atoms with Crippen LogP contribution >= 0.6 is 0 Å². The van der Waals surface area contributed by atoms with Crippen LogP contribution < -0.4 is 15.1 Å². The number of aryl methyl sites for hydroxylation is 1. The number of aromatic nitrogens is 1. The molecule has 1 amide bonds. The number of rotatable bonds is 6. The van der Waals surface area contributed by atoms with Crippen molar-refractivity contribution in [2.24, 2.45) is 0 Å². The van der Waals surface area contributed by atoms with Crippen LogP contribution in [0.3, 0.4) is 0 Å². The van der Waals surface area contributed by atoms with Crippen LogP contribution in [0.4, 0.5) is 17.2 Å². The van der Waals surface area contributed by atoms with Gasteiger partial charge in [-0.3, -0.25) is 4.79 Å². The molecule has 0 atom stereocenters. The molecule has 0 saturated carbocycles. The summed E-state index contributed by atoms with van der Waals surface area (Å²) in [5, 5.41) is 2.86. The second-order valence-electron chi connectivity index (χ2n) is 6.87. The topological polar surface area (TPSA) is 48.5 Å². The highest BCUT2D eigenvalue weighted by Crippen LogP contribution is 2.21. The van der Waals surface area contributed by atoms with Crippen LogP contribution in [0, 0.1) is 6.92 Å². The van der Waals surface area contributed by atoms with Crippen LogP contribution in [-0.4, -0.2) is 37.1 Å². The van der Waals surface area contributed by atoms with Crippen molar-refractivity contribution in [3.8, 4) is 0 Å². The van der Waals surface area contributed by atoms with Crippen LogP contribution in [0.15, 0.2) is 42.6 Å². The average Bonchev–Trinajstić information content (AvgIpc) is 2.67. The summed E-state index contributed by atoms with van der Waals surface area (Å²) >= 11 is 0. The summed E-state index contributed by atoms with van der Waals surface area (Å²) in [6.45, 7) is 8.15. The highest BCUT2D eigenvalue weighted by molar-refractivity contribution is 5.89. The zero-order valence-electron chi connectivity index (χ0n) is 15.7. The number of piperazine rings is 1. The smallest absolute Gasteiger partial charge is 0.225 e. The van der Waals surface area contributed by atoms with Gasteiger partial charge < -0.3 is 15.1 Å². The first-order valence-corrected chi connectivity index (χ1v) is 9.48. The molecule has 0 unspecified atom stereocenters. The molecule has 0 radical (unpaired) electrons. The van der Waals surface area contributed by atoms with Gasteiger partial charge in [0.1, 0.15) is 5.82 Å². The molecule has 0 bridgehead atoms. The van der Waals surface area contributed by atoms with E-state index in [0.717, 1.165) is 44.7 Å². The van der Waals surface area contributed by atoms with Gasteiger partial charge in [-0.2, -0.15) is 0 Å². The van der Waals surface area contributed by atoms with E-state index >= 15 is 0 Å². The minimum Gasteiger partial charge on any atom is -0.368 e. The molecule has 138 valence electrons. The number of hydrogen-bond donors (Lipinski definition) is 1. The van der Waals surface area contributed by atoms with Gasteiger partial charge >= 0.3 is 0 Å². The Bertz CT molecular complexity index is 721. The van der Waals surface area contributed by atoms with Crippen molar-refractivity contribution in [2.45, 2.75) is 33.1 Å². The van der Waals surface area contributed by atoms with E-state index in [1.165, 1.54) is 11.3 Å². The van der Waals surface area contributed by atoms with E-state index in [0.29, 0.717) is 12.2 Å². The number of benzene rings is 1. The maximum absolute atomic E-state index is 11.8. The van der Waals surface area contributed by atoms with E-state index in [9.17, 15) is 4.79 Å². The first kappa shape index (κ1) is 18.2. The van der Waals surface area contributed by atoms with E-state index in [4.69, 9.17) is 0 Å². The van der Waals surface area contributed by atoms with Crippen molar-refractivity contribution in [1.29, 1.82) is 0 Å². The molecule has 1 fully saturated rings. The lowest BCUT2D eigenvalue weighted by molar-refractivity contribution is -0.116. The fourth-order valence-electron chi connectivity index (χ4n) is 3.24. The van der Waals surface area contributed by atoms with Gasteiger partial charge in [0.15, 0.2) is 0 Å². The Morgan fingerprint density at radius 1 is 1.08 bits per heavy atom. The number of carbonyl (C=O) groups is 1. The van der Waals surface area contributed by atoms with Crippen LogP contribution in [0.25, 0.3) is 0 Å². The largest absolute Gasteiger partial charge is 0.368 e. The molecular formula is C21H28N4O. The lowest BCUT2D eigenvalue weighted by atomic mass is 10.2.